The van der Waals surface area contributed by atoms with Gasteiger partial charge in [0.1, 0.15) is 5.82 Å². The molecule has 2 heterocycles. The Morgan fingerprint density at radius 3 is 2.76 bits per heavy atom. The van der Waals surface area contributed by atoms with E-state index >= 15 is 0 Å². The van der Waals surface area contributed by atoms with E-state index in [1.807, 2.05) is 0 Å². The van der Waals surface area contributed by atoms with Gasteiger partial charge in [0, 0.05) is 22.9 Å². The van der Waals surface area contributed by atoms with E-state index < -0.39 is 17.5 Å². The highest BCUT2D eigenvalue weighted by Crippen LogP contribution is 2.36. The molecule has 0 aliphatic carbocycles. The maximum absolute atomic E-state index is 13.8. The first-order valence-corrected chi connectivity index (χ1v) is 6.55. The van der Waals surface area contributed by atoms with Gasteiger partial charge in [-0.05, 0) is 24.3 Å². The Hall–Kier alpha value is -1.98. The number of aromatic nitrogens is 1. The molecular formula is C14H6Cl2F2N2O. The molecule has 21 heavy (non-hydrogen) atoms. The number of nitrogens with zero attached hydrogens (tertiary/aromatic N) is 1. The van der Waals surface area contributed by atoms with Crippen LogP contribution in [-0.2, 0) is 4.79 Å². The van der Waals surface area contributed by atoms with E-state index in [4.69, 9.17) is 23.2 Å². The van der Waals surface area contributed by atoms with Crippen molar-refractivity contribution in [2.75, 3.05) is 5.32 Å². The average molecular weight is 327 g/mol. The van der Waals surface area contributed by atoms with Gasteiger partial charge in [-0.2, -0.15) is 0 Å². The summed E-state index contributed by atoms with van der Waals surface area (Å²) in [5.41, 5.74) is 0.900. The monoisotopic (exact) mass is 326 g/mol. The minimum Gasteiger partial charge on any atom is -0.321 e. The van der Waals surface area contributed by atoms with Crippen LogP contribution in [0.5, 0.6) is 0 Å². The largest absolute Gasteiger partial charge is 0.321 e. The van der Waals surface area contributed by atoms with Crippen molar-refractivity contribution in [3.8, 4) is 0 Å². The molecule has 0 atom stereocenters. The summed E-state index contributed by atoms with van der Waals surface area (Å²) in [6.07, 6.45) is 2.60. The van der Waals surface area contributed by atoms with Crippen LogP contribution >= 0.6 is 23.2 Å². The van der Waals surface area contributed by atoms with Gasteiger partial charge < -0.3 is 5.32 Å². The predicted molar refractivity (Wildman–Crippen MR) is 77.1 cm³/mol. The van der Waals surface area contributed by atoms with Crippen LogP contribution in [-0.4, -0.2) is 10.9 Å². The minimum atomic E-state index is -0.748. The number of anilines is 1. The number of hydrogen-bond donors (Lipinski definition) is 1. The van der Waals surface area contributed by atoms with Crippen molar-refractivity contribution in [3.63, 3.8) is 0 Å². The fourth-order valence-electron chi connectivity index (χ4n) is 2.03. The fourth-order valence-corrected chi connectivity index (χ4v) is 2.36. The Balaban J connectivity index is 2.16. The van der Waals surface area contributed by atoms with E-state index in [1.165, 1.54) is 24.4 Å². The number of rotatable bonds is 1. The third-order valence-corrected chi connectivity index (χ3v) is 3.57. The highest BCUT2D eigenvalue weighted by molar-refractivity contribution is 6.36. The molecule has 1 aromatic heterocycles. The van der Waals surface area contributed by atoms with Crippen LogP contribution in [0, 0.1) is 11.6 Å². The Morgan fingerprint density at radius 2 is 2.00 bits per heavy atom. The maximum atomic E-state index is 13.8. The van der Waals surface area contributed by atoms with Gasteiger partial charge in [-0.3, -0.25) is 4.79 Å². The lowest BCUT2D eigenvalue weighted by molar-refractivity contribution is -0.110. The number of pyridine rings is 1. The van der Waals surface area contributed by atoms with Crippen LogP contribution in [0.4, 0.5) is 14.5 Å². The van der Waals surface area contributed by atoms with Gasteiger partial charge in [-0.25, -0.2) is 13.8 Å². The molecule has 0 radical (unpaired) electrons. The lowest BCUT2D eigenvalue weighted by Crippen LogP contribution is -2.03. The molecule has 0 unspecified atom stereocenters. The molecule has 1 aliphatic rings. The van der Waals surface area contributed by atoms with Crippen molar-refractivity contribution in [2.45, 2.75) is 0 Å². The molecule has 0 spiro atoms. The number of amides is 1. The standard InChI is InChI=1S/C14H6Cl2F2N2O/c15-9-5-11-7(4-10(9)17)8(14(21)20-11)3-6-1-2-19-13(16)12(6)18/h1-5H,(H,20,21). The summed E-state index contributed by atoms with van der Waals surface area (Å²) in [6, 6.07) is 3.80. The Morgan fingerprint density at radius 1 is 1.24 bits per heavy atom. The van der Waals surface area contributed by atoms with Crippen molar-refractivity contribution in [1.29, 1.82) is 0 Å². The number of hydrogen-bond acceptors (Lipinski definition) is 2. The van der Waals surface area contributed by atoms with E-state index in [1.54, 1.807) is 0 Å². The average Bonchev–Trinajstić information content (AvgIpc) is 2.72. The third-order valence-electron chi connectivity index (χ3n) is 3.02. The maximum Gasteiger partial charge on any atom is 0.256 e. The first-order chi connectivity index (χ1) is 9.97. The smallest absolute Gasteiger partial charge is 0.256 e. The van der Waals surface area contributed by atoms with E-state index in [-0.39, 0.29) is 21.3 Å². The molecule has 3 nitrogen and oxygen atoms in total. The normalized spacial score (nSPS) is 15.2. The number of nitrogens with one attached hydrogen (secondary N) is 1. The van der Waals surface area contributed by atoms with Crippen molar-refractivity contribution in [3.05, 3.63) is 57.3 Å². The molecule has 0 fully saturated rings. The molecule has 0 saturated heterocycles. The highest BCUT2D eigenvalue weighted by atomic mass is 35.5. The van der Waals surface area contributed by atoms with E-state index in [9.17, 15) is 13.6 Å². The second-order valence-corrected chi connectivity index (χ2v) is 5.09. The molecule has 106 valence electrons. The Bertz CT molecular complexity index is 806. The first kappa shape index (κ1) is 14.0. The van der Waals surface area contributed by atoms with E-state index in [0.717, 1.165) is 6.07 Å². The molecule has 7 heteroatoms. The molecule has 0 saturated carbocycles. The Kier molecular flexibility index (Phi) is 3.39. The fraction of sp³-hybridized carbons (Fsp3) is 0. The SMILES string of the molecule is O=C1Nc2cc(Cl)c(F)cc2C1=Cc1ccnc(Cl)c1F. The highest BCUT2D eigenvalue weighted by Gasteiger charge is 2.26. The number of halogens is 4. The molecule has 1 N–H and O–H groups in total. The van der Waals surface area contributed by atoms with Gasteiger partial charge in [0.2, 0.25) is 0 Å². The van der Waals surface area contributed by atoms with Gasteiger partial charge in [-0.15, -0.1) is 0 Å². The summed E-state index contributed by atoms with van der Waals surface area (Å²) < 4.78 is 27.4. The quantitative estimate of drug-likeness (QED) is 0.631. The van der Waals surface area contributed by atoms with Gasteiger partial charge in [0.25, 0.3) is 5.91 Å². The van der Waals surface area contributed by atoms with Crippen LogP contribution in [0.3, 0.4) is 0 Å². The summed E-state index contributed by atoms with van der Waals surface area (Å²) in [5, 5.41) is 2.14. The molecule has 1 aromatic carbocycles. The summed E-state index contributed by atoms with van der Waals surface area (Å²) in [5.74, 6) is -1.88. The van der Waals surface area contributed by atoms with Crippen LogP contribution in [0.2, 0.25) is 10.2 Å². The van der Waals surface area contributed by atoms with Gasteiger partial charge in [-0.1, -0.05) is 23.2 Å². The Labute approximate surface area is 128 Å². The molecule has 1 amide bonds. The zero-order chi connectivity index (χ0) is 15.1. The van der Waals surface area contributed by atoms with Crippen molar-refractivity contribution in [2.24, 2.45) is 0 Å². The van der Waals surface area contributed by atoms with Gasteiger partial charge >= 0.3 is 0 Å². The molecule has 0 bridgehead atoms. The van der Waals surface area contributed by atoms with Crippen LogP contribution in [0.15, 0.2) is 24.4 Å². The van der Waals surface area contributed by atoms with E-state index in [2.05, 4.69) is 10.3 Å². The summed E-state index contributed by atoms with van der Waals surface area (Å²) >= 11 is 11.3. The summed E-state index contributed by atoms with van der Waals surface area (Å²) in [6.45, 7) is 0. The second kappa shape index (κ2) is 5.09. The van der Waals surface area contributed by atoms with Crippen molar-refractivity contribution < 1.29 is 13.6 Å². The van der Waals surface area contributed by atoms with Gasteiger partial charge in [0.15, 0.2) is 11.0 Å². The number of fused-ring (bicyclic) bond motifs is 1. The van der Waals surface area contributed by atoms with Crippen molar-refractivity contribution >= 4 is 46.4 Å². The molecule has 2 aromatic rings. The molecule has 1 aliphatic heterocycles. The van der Waals surface area contributed by atoms with E-state index in [0.29, 0.717) is 11.3 Å². The van der Waals surface area contributed by atoms with Crippen LogP contribution in [0.1, 0.15) is 11.1 Å². The molecular weight excluding hydrogens is 321 g/mol. The van der Waals surface area contributed by atoms with Crippen LogP contribution in [0.25, 0.3) is 11.6 Å². The third kappa shape index (κ3) is 2.39. The second-order valence-electron chi connectivity index (χ2n) is 4.33. The number of carbonyl (C=O) groups is 1. The number of benzene rings is 1. The summed E-state index contributed by atoms with van der Waals surface area (Å²) in [4.78, 5) is 15.5. The first-order valence-electron chi connectivity index (χ1n) is 5.80. The topological polar surface area (TPSA) is 42.0 Å². The predicted octanol–water partition coefficient (Wildman–Crippen LogP) is 4.16. The lowest BCUT2D eigenvalue weighted by atomic mass is 10.0. The van der Waals surface area contributed by atoms with Crippen molar-refractivity contribution in [1.82, 2.24) is 4.98 Å². The van der Waals surface area contributed by atoms with Gasteiger partial charge in [0.05, 0.1) is 10.7 Å². The lowest BCUT2D eigenvalue weighted by Gasteiger charge is -2.02. The molecule has 3 rings (SSSR count). The zero-order valence-electron chi connectivity index (χ0n) is 10.3. The van der Waals surface area contributed by atoms with Crippen LogP contribution < -0.4 is 5.32 Å². The zero-order valence-corrected chi connectivity index (χ0v) is 11.8. The number of carbonyl (C=O) groups excluding carboxylic acids is 1. The minimum absolute atomic E-state index is 0.0864. The summed E-state index contributed by atoms with van der Waals surface area (Å²) in [7, 11) is 0.